The van der Waals surface area contributed by atoms with Crippen LogP contribution in [0.5, 0.6) is 0 Å². The van der Waals surface area contributed by atoms with Crippen molar-refractivity contribution in [3.05, 3.63) is 24.0 Å². The van der Waals surface area contributed by atoms with E-state index in [0.717, 1.165) is 38.5 Å². The number of carbonyl (C=O) groups excluding carboxylic acids is 2. The van der Waals surface area contributed by atoms with Crippen LogP contribution in [-0.4, -0.2) is 47.1 Å². The lowest BCUT2D eigenvalue weighted by molar-refractivity contribution is -0.154. The molecule has 10 heteroatoms. The highest BCUT2D eigenvalue weighted by Gasteiger charge is 2.33. The largest absolute Gasteiger partial charge is 0.483 e. The van der Waals surface area contributed by atoms with E-state index in [-0.39, 0.29) is 12.7 Å². The summed E-state index contributed by atoms with van der Waals surface area (Å²) >= 11 is 0. The van der Waals surface area contributed by atoms with Gasteiger partial charge in [-0.15, -0.1) is 0 Å². The first-order valence-electron chi connectivity index (χ1n) is 19.9. The number of unbranched alkanes of at least 4 members (excludes halogenated alkanes) is 24. The summed E-state index contributed by atoms with van der Waals surface area (Å²) in [7, 11) is -4.80. The number of ether oxygens (including phenoxy) is 3. The van der Waals surface area contributed by atoms with Gasteiger partial charge < -0.3 is 24.0 Å². The number of hydrogen-bond acceptors (Lipinski definition) is 7. The van der Waals surface area contributed by atoms with Crippen LogP contribution in [-0.2, 0) is 32.9 Å². The van der Waals surface area contributed by atoms with Gasteiger partial charge in [0.1, 0.15) is 12.4 Å². The van der Waals surface area contributed by atoms with E-state index in [9.17, 15) is 14.2 Å². The Hall–Kier alpha value is -1.67. The molecule has 286 valence electrons. The third-order valence-corrected chi connectivity index (χ3v) is 9.46. The molecular weight excluding hydrogens is 643 g/mol. The predicted octanol–water partition coefficient (Wildman–Crippen LogP) is 11.0. The van der Waals surface area contributed by atoms with E-state index < -0.39 is 32.5 Å². The van der Waals surface area contributed by atoms with Crippen LogP contribution in [0.15, 0.2) is 24.0 Å². The summed E-state index contributed by atoms with van der Waals surface area (Å²) in [5.74, 6) is -0.811. The van der Waals surface area contributed by atoms with Crippen molar-refractivity contribution in [2.45, 2.75) is 199 Å². The molecular formula is C39H71O9P. The average Bonchev–Trinajstić information content (AvgIpc) is 3.81. The van der Waals surface area contributed by atoms with Crippen molar-refractivity contribution in [1.29, 1.82) is 0 Å². The molecule has 1 fully saturated rings. The van der Waals surface area contributed by atoms with Crippen molar-refractivity contribution in [2.24, 2.45) is 0 Å². The first kappa shape index (κ1) is 45.4. The molecule has 1 heterocycles. The van der Waals surface area contributed by atoms with Gasteiger partial charge in [-0.05, 0) is 25.7 Å². The Balaban J connectivity index is 2.17. The number of carbonyl (C=O) groups is 2. The van der Waals surface area contributed by atoms with E-state index in [1.807, 2.05) is 0 Å². The molecule has 0 aliphatic carbocycles. The van der Waals surface area contributed by atoms with E-state index in [1.54, 1.807) is 6.08 Å². The van der Waals surface area contributed by atoms with Gasteiger partial charge in [-0.3, -0.25) is 4.52 Å². The molecule has 2 N–H and O–H groups in total. The van der Waals surface area contributed by atoms with Crippen LogP contribution < -0.4 is 0 Å². The molecule has 9 nitrogen and oxygen atoms in total. The van der Waals surface area contributed by atoms with Crippen LogP contribution in [0.1, 0.15) is 187 Å². The molecule has 0 saturated carbocycles. The number of rotatable bonds is 35. The number of phosphoric ester groups is 1. The number of phosphoric acid groups is 1. The summed E-state index contributed by atoms with van der Waals surface area (Å²) in [6, 6.07) is 0. The third kappa shape index (κ3) is 30.8. The highest BCUT2D eigenvalue weighted by atomic mass is 31.2. The summed E-state index contributed by atoms with van der Waals surface area (Å²) in [4.78, 5) is 42.8. The molecule has 0 aromatic carbocycles. The molecule has 1 rings (SSSR count). The molecule has 0 unspecified atom stereocenters. The van der Waals surface area contributed by atoms with Crippen molar-refractivity contribution < 1.29 is 42.7 Å². The second-order valence-electron chi connectivity index (χ2n) is 13.7. The fourth-order valence-electron chi connectivity index (χ4n) is 5.92. The Bertz CT molecular complexity index is 929. The van der Waals surface area contributed by atoms with E-state index in [2.05, 4.69) is 18.4 Å². The summed E-state index contributed by atoms with van der Waals surface area (Å²) in [5.41, 5.74) is 0. The lowest BCUT2D eigenvalue weighted by Crippen LogP contribution is -2.28. The predicted molar refractivity (Wildman–Crippen MR) is 197 cm³/mol. The zero-order chi connectivity index (χ0) is 35.8. The molecule has 0 amide bonds. The Morgan fingerprint density at radius 2 is 1.12 bits per heavy atom. The Kier molecular flexibility index (Phi) is 28.8. The van der Waals surface area contributed by atoms with Crippen molar-refractivity contribution in [2.75, 3.05) is 13.2 Å². The van der Waals surface area contributed by atoms with E-state index in [4.69, 9.17) is 24.0 Å². The van der Waals surface area contributed by atoms with Gasteiger partial charge in [0.2, 0.25) is 0 Å². The number of hydrogen-bond donors (Lipinski definition) is 2. The zero-order valence-electron chi connectivity index (χ0n) is 31.1. The molecule has 0 aromatic rings. The second kappa shape index (κ2) is 31.1. The molecule has 1 aliphatic heterocycles. The molecule has 0 aromatic heterocycles. The summed E-state index contributed by atoms with van der Waals surface area (Å²) in [6.45, 7) is 3.49. The van der Waals surface area contributed by atoms with Gasteiger partial charge in [-0.25, -0.2) is 14.2 Å². The van der Waals surface area contributed by atoms with Crippen LogP contribution in [0, 0.1) is 0 Å². The summed E-state index contributed by atoms with van der Waals surface area (Å²) in [6.07, 6.45) is 36.6. The van der Waals surface area contributed by atoms with Crippen molar-refractivity contribution >= 4 is 19.8 Å². The fraction of sp³-hybridized carbons (Fsp3) is 0.846. The summed E-state index contributed by atoms with van der Waals surface area (Å²) < 4.78 is 31.7. The minimum atomic E-state index is -4.80. The Labute approximate surface area is 298 Å². The summed E-state index contributed by atoms with van der Waals surface area (Å²) in [5, 5.41) is 0. The molecule has 1 aliphatic rings. The fourth-order valence-corrected chi connectivity index (χ4v) is 6.28. The maximum absolute atomic E-state index is 12.4. The lowest BCUT2D eigenvalue weighted by atomic mass is 10.0. The molecule has 0 spiro atoms. The minimum absolute atomic E-state index is 0.0988. The minimum Gasteiger partial charge on any atom is -0.483 e. The van der Waals surface area contributed by atoms with Crippen molar-refractivity contribution in [3.63, 3.8) is 0 Å². The lowest BCUT2D eigenvalue weighted by Gasteiger charge is -2.17. The maximum atomic E-state index is 12.4. The van der Waals surface area contributed by atoms with Crippen LogP contribution in [0.25, 0.3) is 0 Å². The monoisotopic (exact) mass is 714 g/mol. The zero-order valence-corrected chi connectivity index (χ0v) is 32.0. The van der Waals surface area contributed by atoms with Crippen LogP contribution in [0.4, 0.5) is 0 Å². The van der Waals surface area contributed by atoms with E-state index in [1.165, 1.54) is 147 Å². The van der Waals surface area contributed by atoms with Gasteiger partial charge in [0.25, 0.3) is 0 Å². The third-order valence-electron chi connectivity index (χ3n) is 8.97. The van der Waals surface area contributed by atoms with Gasteiger partial charge in [-0.2, -0.15) is 0 Å². The Morgan fingerprint density at radius 3 is 1.59 bits per heavy atom. The average molecular weight is 715 g/mol. The molecule has 49 heavy (non-hydrogen) atoms. The number of allylic oxidation sites excluding steroid dienone is 1. The van der Waals surface area contributed by atoms with Gasteiger partial charge >= 0.3 is 19.8 Å². The normalized spacial score (nSPS) is 15.8. The standard InChI is InChI=1S/C39H71O9P/c1-3-5-7-9-11-13-15-17-18-19-21-23-25-27-29-31-38(40)45-33-35(34-46-49(42,43)44)47-39(41)32-37-36(48-37)30-28-26-24-22-20-16-14-12-10-8-6-4-2/h29,31-32,35-36H,3-28,30,33-34H2,1-2H3,(H2,42,43,44)/b31-29+,37-32-/t35-,36-/m1/s1. The molecule has 2 atom stereocenters. The SMILES string of the molecule is CCCCCCCCCCCCCCC/C=C/C(=O)OC[C@H](COP(=O)(O)O)OC(=O)/C=C1\O[C@@H]1CCCCCCCCCCCCCC. The first-order chi connectivity index (χ1) is 23.7. The van der Waals surface area contributed by atoms with Crippen LogP contribution >= 0.6 is 7.82 Å². The number of epoxide rings is 1. The van der Waals surface area contributed by atoms with Gasteiger partial charge in [0.15, 0.2) is 12.2 Å². The first-order valence-corrected chi connectivity index (χ1v) is 21.4. The number of esters is 2. The van der Waals surface area contributed by atoms with Crippen molar-refractivity contribution in [1.82, 2.24) is 0 Å². The van der Waals surface area contributed by atoms with Gasteiger partial charge in [-0.1, -0.05) is 168 Å². The highest BCUT2D eigenvalue weighted by Crippen LogP contribution is 2.36. The van der Waals surface area contributed by atoms with Gasteiger partial charge in [0, 0.05) is 6.08 Å². The smallest absolute Gasteiger partial charge is 0.469 e. The second-order valence-corrected chi connectivity index (χ2v) is 15.0. The molecule has 1 saturated heterocycles. The molecule has 0 bridgehead atoms. The quantitative estimate of drug-likeness (QED) is 0.0216. The maximum Gasteiger partial charge on any atom is 0.469 e. The van der Waals surface area contributed by atoms with Crippen LogP contribution in [0.3, 0.4) is 0 Å². The molecule has 0 radical (unpaired) electrons. The Morgan fingerprint density at radius 1 is 0.673 bits per heavy atom. The van der Waals surface area contributed by atoms with E-state index in [0.29, 0.717) is 5.76 Å². The van der Waals surface area contributed by atoms with Gasteiger partial charge in [0.05, 0.1) is 12.7 Å². The van der Waals surface area contributed by atoms with Crippen LogP contribution in [0.2, 0.25) is 0 Å². The van der Waals surface area contributed by atoms with Crippen molar-refractivity contribution in [3.8, 4) is 0 Å². The highest BCUT2D eigenvalue weighted by molar-refractivity contribution is 7.46. The topological polar surface area (TPSA) is 132 Å². The van der Waals surface area contributed by atoms with E-state index >= 15 is 0 Å².